The first-order valence-electron chi connectivity index (χ1n) is 9.76. The highest BCUT2D eigenvalue weighted by molar-refractivity contribution is 5.76. The summed E-state index contributed by atoms with van der Waals surface area (Å²) in [5.74, 6) is 1.99. The van der Waals surface area contributed by atoms with E-state index in [0.717, 1.165) is 49.2 Å². The van der Waals surface area contributed by atoms with Crippen LogP contribution in [0, 0.1) is 0 Å². The molecule has 4 nitrogen and oxygen atoms in total. The number of hydrogen-bond donors (Lipinski definition) is 1. The van der Waals surface area contributed by atoms with Crippen LogP contribution in [0.5, 0.6) is 5.75 Å². The lowest BCUT2D eigenvalue weighted by molar-refractivity contribution is -0.121. The third-order valence-electron chi connectivity index (χ3n) is 4.96. The van der Waals surface area contributed by atoms with Crippen molar-refractivity contribution in [3.05, 3.63) is 54.0 Å². The standard InChI is InChI=1S/C22H29NO3/c1-17(11-13-19-10-5-15-25-19)23-22(24)14-12-18-6-4-9-21(16-18)26-20-7-2-3-8-20/h4-6,9-10,15-17,20H,2-3,7-8,11-14H2,1H3,(H,23,24). The van der Waals surface area contributed by atoms with Gasteiger partial charge in [0.05, 0.1) is 12.4 Å². The summed E-state index contributed by atoms with van der Waals surface area (Å²) in [6.07, 6.45) is 9.85. The fourth-order valence-electron chi connectivity index (χ4n) is 3.46. The van der Waals surface area contributed by atoms with E-state index >= 15 is 0 Å². The minimum absolute atomic E-state index is 0.0964. The molecule has 1 heterocycles. The van der Waals surface area contributed by atoms with Crippen LogP contribution in [0.2, 0.25) is 0 Å². The average molecular weight is 355 g/mol. The second-order valence-corrected chi connectivity index (χ2v) is 7.26. The number of nitrogens with one attached hydrogen (secondary N) is 1. The summed E-state index contributed by atoms with van der Waals surface area (Å²) in [7, 11) is 0. The van der Waals surface area contributed by atoms with Gasteiger partial charge < -0.3 is 14.5 Å². The quantitative estimate of drug-likeness (QED) is 0.711. The Labute approximate surface area is 155 Å². The number of carbonyl (C=O) groups is 1. The SMILES string of the molecule is CC(CCc1ccco1)NC(=O)CCc1cccc(OC2CCCC2)c1. The summed E-state index contributed by atoms with van der Waals surface area (Å²) >= 11 is 0. The monoisotopic (exact) mass is 355 g/mol. The van der Waals surface area contributed by atoms with E-state index in [1.807, 2.05) is 31.2 Å². The van der Waals surface area contributed by atoms with Crippen LogP contribution in [0.4, 0.5) is 0 Å². The smallest absolute Gasteiger partial charge is 0.220 e. The maximum atomic E-state index is 12.2. The predicted molar refractivity (Wildman–Crippen MR) is 102 cm³/mol. The Morgan fingerprint density at radius 3 is 2.85 bits per heavy atom. The molecule has 1 fully saturated rings. The van der Waals surface area contributed by atoms with Crippen LogP contribution < -0.4 is 10.1 Å². The molecule has 0 saturated heterocycles. The van der Waals surface area contributed by atoms with E-state index in [2.05, 4.69) is 17.4 Å². The molecule has 0 spiro atoms. The Bertz CT molecular complexity index is 674. The normalized spacial score (nSPS) is 15.7. The van der Waals surface area contributed by atoms with Gasteiger partial charge in [0.1, 0.15) is 11.5 Å². The highest BCUT2D eigenvalue weighted by atomic mass is 16.5. The topological polar surface area (TPSA) is 51.5 Å². The number of aryl methyl sites for hydroxylation is 2. The van der Waals surface area contributed by atoms with Gasteiger partial charge in [-0.15, -0.1) is 0 Å². The van der Waals surface area contributed by atoms with Crippen molar-refractivity contribution < 1.29 is 13.9 Å². The molecule has 3 rings (SSSR count). The van der Waals surface area contributed by atoms with Crippen LogP contribution in [0.25, 0.3) is 0 Å². The minimum Gasteiger partial charge on any atom is -0.490 e. The molecular weight excluding hydrogens is 326 g/mol. The molecular formula is C22H29NO3. The molecule has 1 amide bonds. The van der Waals surface area contributed by atoms with Crippen molar-refractivity contribution in [1.82, 2.24) is 5.32 Å². The van der Waals surface area contributed by atoms with Crippen molar-refractivity contribution in [3.8, 4) is 5.75 Å². The van der Waals surface area contributed by atoms with Crippen molar-refractivity contribution in [2.24, 2.45) is 0 Å². The molecule has 0 aliphatic heterocycles. The largest absolute Gasteiger partial charge is 0.490 e. The third-order valence-corrected chi connectivity index (χ3v) is 4.96. The van der Waals surface area contributed by atoms with Gasteiger partial charge in [-0.25, -0.2) is 0 Å². The van der Waals surface area contributed by atoms with Gasteiger partial charge in [0.2, 0.25) is 5.91 Å². The summed E-state index contributed by atoms with van der Waals surface area (Å²) in [4.78, 5) is 12.2. The third kappa shape index (κ3) is 5.94. The first kappa shape index (κ1) is 18.6. The van der Waals surface area contributed by atoms with Gasteiger partial charge in [-0.1, -0.05) is 12.1 Å². The molecule has 1 aliphatic rings. The zero-order valence-electron chi connectivity index (χ0n) is 15.6. The molecule has 26 heavy (non-hydrogen) atoms. The summed E-state index contributed by atoms with van der Waals surface area (Å²) in [6, 6.07) is 12.2. The maximum Gasteiger partial charge on any atom is 0.220 e. The molecule has 1 aliphatic carbocycles. The molecule has 1 atom stereocenters. The van der Waals surface area contributed by atoms with Crippen LogP contribution in [-0.2, 0) is 17.6 Å². The average Bonchev–Trinajstić information content (AvgIpc) is 3.32. The van der Waals surface area contributed by atoms with Crippen molar-refractivity contribution in [3.63, 3.8) is 0 Å². The van der Waals surface area contributed by atoms with E-state index in [0.29, 0.717) is 12.5 Å². The number of carbonyl (C=O) groups excluding carboxylic acids is 1. The lowest BCUT2D eigenvalue weighted by atomic mass is 10.1. The Hall–Kier alpha value is -2.23. The van der Waals surface area contributed by atoms with Crippen molar-refractivity contribution in [1.29, 1.82) is 0 Å². The second-order valence-electron chi connectivity index (χ2n) is 7.26. The van der Waals surface area contributed by atoms with E-state index in [-0.39, 0.29) is 11.9 Å². The highest BCUT2D eigenvalue weighted by Gasteiger charge is 2.16. The number of benzene rings is 1. The van der Waals surface area contributed by atoms with Gasteiger partial charge in [-0.2, -0.15) is 0 Å². The molecule has 1 saturated carbocycles. The Morgan fingerprint density at radius 1 is 1.23 bits per heavy atom. The summed E-state index contributed by atoms with van der Waals surface area (Å²) in [5, 5.41) is 3.07. The molecule has 0 radical (unpaired) electrons. The van der Waals surface area contributed by atoms with Gasteiger partial charge in [-0.3, -0.25) is 4.79 Å². The molecule has 1 aromatic carbocycles. The fraction of sp³-hybridized carbons (Fsp3) is 0.500. The van der Waals surface area contributed by atoms with E-state index < -0.39 is 0 Å². The number of hydrogen-bond acceptors (Lipinski definition) is 3. The van der Waals surface area contributed by atoms with Crippen LogP contribution in [0.15, 0.2) is 47.1 Å². The van der Waals surface area contributed by atoms with Crippen LogP contribution >= 0.6 is 0 Å². The molecule has 2 aromatic rings. The van der Waals surface area contributed by atoms with Crippen LogP contribution in [0.3, 0.4) is 0 Å². The van der Waals surface area contributed by atoms with Crippen molar-refractivity contribution >= 4 is 5.91 Å². The van der Waals surface area contributed by atoms with Gasteiger partial charge >= 0.3 is 0 Å². The van der Waals surface area contributed by atoms with Crippen LogP contribution in [0.1, 0.15) is 56.8 Å². The number of amides is 1. The Morgan fingerprint density at radius 2 is 2.08 bits per heavy atom. The Balaban J connectivity index is 1.39. The second kappa shape index (κ2) is 9.46. The fourth-order valence-corrected chi connectivity index (χ4v) is 3.46. The zero-order chi connectivity index (χ0) is 18.2. The lowest BCUT2D eigenvalue weighted by Crippen LogP contribution is -2.33. The number of furan rings is 1. The predicted octanol–water partition coefficient (Wildman–Crippen LogP) is 4.67. The molecule has 140 valence electrons. The van der Waals surface area contributed by atoms with Crippen molar-refractivity contribution in [2.75, 3.05) is 0 Å². The summed E-state index contributed by atoms with van der Waals surface area (Å²) < 4.78 is 11.4. The number of ether oxygens (including phenoxy) is 1. The van der Waals surface area contributed by atoms with Crippen LogP contribution in [-0.4, -0.2) is 18.1 Å². The molecule has 1 aromatic heterocycles. The minimum atomic E-state index is 0.0964. The highest BCUT2D eigenvalue weighted by Crippen LogP contribution is 2.24. The van der Waals surface area contributed by atoms with E-state index in [4.69, 9.17) is 9.15 Å². The number of rotatable bonds is 9. The summed E-state index contributed by atoms with van der Waals surface area (Å²) in [5.41, 5.74) is 1.15. The van der Waals surface area contributed by atoms with Gasteiger partial charge in [0.25, 0.3) is 0 Å². The maximum absolute atomic E-state index is 12.2. The molecule has 1 unspecified atom stereocenters. The van der Waals surface area contributed by atoms with Gasteiger partial charge in [0, 0.05) is 18.9 Å². The van der Waals surface area contributed by atoms with E-state index in [1.165, 1.54) is 12.8 Å². The first-order chi connectivity index (χ1) is 12.7. The summed E-state index contributed by atoms with van der Waals surface area (Å²) in [6.45, 7) is 2.04. The zero-order valence-corrected chi connectivity index (χ0v) is 15.6. The van der Waals surface area contributed by atoms with E-state index in [9.17, 15) is 4.79 Å². The van der Waals surface area contributed by atoms with Crippen molar-refractivity contribution in [2.45, 2.75) is 70.4 Å². The Kier molecular flexibility index (Phi) is 6.75. The molecule has 0 bridgehead atoms. The first-order valence-corrected chi connectivity index (χ1v) is 9.76. The lowest BCUT2D eigenvalue weighted by Gasteiger charge is -2.15. The van der Waals surface area contributed by atoms with E-state index in [1.54, 1.807) is 6.26 Å². The van der Waals surface area contributed by atoms with Gasteiger partial charge in [-0.05, 0) is 75.3 Å². The molecule has 4 heteroatoms. The van der Waals surface area contributed by atoms with Gasteiger partial charge in [0.15, 0.2) is 0 Å². The molecule has 1 N–H and O–H groups in total.